The van der Waals surface area contributed by atoms with Gasteiger partial charge in [0.25, 0.3) is 0 Å². The van der Waals surface area contributed by atoms with E-state index in [1.54, 1.807) is 18.2 Å². The highest BCUT2D eigenvalue weighted by Crippen LogP contribution is 2.25. The summed E-state index contributed by atoms with van der Waals surface area (Å²) in [6.07, 6.45) is 0.177. The number of halogens is 2. The second-order valence-electron chi connectivity index (χ2n) is 5.51. The van der Waals surface area contributed by atoms with Crippen LogP contribution in [0.5, 0.6) is 0 Å². The minimum absolute atomic E-state index is 0.104. The van der Waals surface area contributed by atoms with Gasteiger partial charge in [-0.05, 0) is 29.3 Å². The summed E-state index contributed by atoms with van der Waals surface area (Å²) in [6, 6.07) is 15.9. The Morgan fingerprint density at radius 1 is 1.12 bits per heavy atom. The summed E-state index contributed by atoms with van der Waals surface area (Å²) in [5.41, 5.74) is 8.03. The van der Waals surface area contributed by atoms with Crippen LogP contribution in [0.3, 0.4) is 0 Å². The normalized spacial score (nSPS) is 10.5. The molecule has 1 heterocycles. The van der Waals surface area contributed by atoms with Crippen molar-refractivity contribution >= 4 is 29.2 Å². The summed E-state index contributed by atoms with van der Waals surface area (Å²) in [6.45, 7) is 0. The molecule has 3 aromatic rings. The molecule has 3 rings (SSSR count). The van der Waals surface area contributed by atoms with Crippen molar-refractivity contribution in [3.8, 4) is 6.07 Å². The number of benzene rings is 2. The number of nitrogens with two attached hydrogens (primary N) is 1. The Labute approximate surface area is 159 Å². The van der Waals surface area contributed by atoms with Crippen molar-refractivity contribution in [1.29, 1.82) is 5.26 Å². The third kappa shape index (κ3) is 4.31. The van der Waals surface area contributed by atoms with Crippen LogP contribution in [0, 0.1) is 17.1 Å². The maximum absolute atomic E-state index is 13.9. The highest BCUT2D eigenvalue weighted by Gasteiger charge is 2.15. The van der Waals surface area contributed by atoms with Crippen LogP contribution in [-0.2, 0) is 12.2 Å². The van der Waals surface area contributed by atoms with Crippen LogP contribution in [0.1, 0.15) is 22.4 Å². The van der Waals surface area contributed by atoms with Crippen LogP contribution in [0.25, 0.3) is 0 Å². The fourth-order valence-electron chi connectivity index (χ4n) is 2.37. The van der Waals surface area contributed by atoms with Gasteiger partial charge < -0.3 is 5.73 Å². The molecular weight excluding hydrogens is 371 g/mol. The zero-order valence-electron chi connectivity index (χ0n) is 13.6. The molecule has 26 heavy (non-hydrogen) atoms. The molecule has 0 unspecified atom stereocenters. The Morgan fingerprint density at radius 3 is 2.54 bits per heavy atom. The van der Waals surface area contributed by atoms with E-state index in [0.29, 0.717) is 27.2 Å². The van der Waals surface area contributed by atoms with Gasteiger partial charge in [0.2, 0.25) is 0 Å². The fraction of sp³-hybridized carbons (Fsp3) is 0.105. The second-order valence-corrected chi connectivity index (χ2v) is 6.89. The van der Waals surface area contributed by atoms with Crippen molar-refractivity contribution < 1.29 is 4.39 Å². The number of hydrogen-bond acceptors (Lipinski definition) is 5. The van der Waals surface area contributed by atoms with Gasteiger partial charge in [-0.15, -0.1) is 0 Å². The zero-order valence-corrected chi connectivity index (χ0v) is 15.2. The molecular formula is C19H14ClFN4S. The molecule has 0 saturated carbocycles. The molecule has 0 fully saturated rings. The van der Waals surface area contributed by atoms with Crippen molar-refractivity contribution in [3.63, 3.8) is 0 Å². The molecule has 0 spiro atoms. The topological polar surface area (TPSA) is 75.6 Å². The molecule has 0 bridgehead atoms. The molecule has 0 amide bonds. The van der Waals surface area contributed by atoms with Crippen molar-refractivity contribution in [2.75, 3.05) is 5.73 Å². The molecule has 2 N–H and O–H groups in total. The number of anilines is 1. The number of aromatic nitrogens is 2. The standard InChI is InChI=1S/C19H14ClFN4S/c20-14-7-5-12(6-8-14)11-26-19-24-17(15(10-22)18(23)25-19)9-13-3-1-2-4-16(13)21/h1-8H,9,11H2,(H2,23,24,25). The van der Waals surface area contributed by atoms with Crippen molar-refractivity contribution in [3.05, 3.63) is 81.8 Å². The Balaban J connectivity index is 1.85. The van der Waals surface area contributed by atoms with Gasteiger partial charge in [0.15, 0.2) is 5.16 Å². The number of nitrogens with zero attached hydrogens (tertiary/aromatic N) is 3. The second kappa shape index (κ2) is 8.17. The summed E-state index contributed by atoms with van der Waals surface area (Å²) in [7, 11) is 0. The summed E-state index contributed by atoms with van der Waals surface area (Å²) in [4.78, 5) is 8.62. The molecule has 0 aliphatic carbocycles. The predicted octanol–water partition coefficient (Wildman–Crippen LogP) is 4.61. The molecule has 2 aromatic carbocycles. The van der Waals surface area contributed by atoms with Crippen LogP contribution >= 0.6 is 23.4 Å². The Bertz CT molecular complexity index is 970. The first-order valence-electron chi connectivity index (χ1n) is 7.74. The third-order valence-electron chi connectivity index (χ3n) is 3.70. The Kier molecular flexibility index (Phi) is 5.71. The predicted molar refractivity (Wildman–Crippen MR) is 101 cm³/mol. The number of rotatable bonds is 5. The third-order valence-corrected chi connectivity index (χ3v) is 4.87. The van der Waals surface area contributed by atoms with Gasteiger partial charge in [0.05, 0.1) is 5.69 Å². The largest absolute Gasteiger partial charge is 0.382 e. The van der Waals surface area contributed by atoms with Gasteiger partial charge in [0.1, 0.15) is 23.3 Å². The molecule has 1 aromatic heterocycles. The van der Waals surface area contributed by atoms with Gasteiger partial charge in [-0.1, -0.05) is 53.7 Å². The highest BCUT2D eigenvalue weighted by atomic mass is 35.5. The van der Waals surface area contributed by atoms with Gasteiger partial charge in [-0.25, -0.2) is 14.4 Å². The van der Waals surface area contributed by atoms with E-state index in [9.17, 15) is 9.65 Å². The van der Waals surface area contributed by atoms with Crippen LogP contribution < -0.4 is 5.73 Å². The Morgan fingerprint density at radius 2 is 1.85 bits per heavy atom. The minimum Gasteiger partial charge on any atom is -0.382 e. The number of hydrogen-bond donors (Lipinski definition) is 1. The molecule has 0 aliphatic rings. The maximum Gasteiger partial charge on any atom is 0.190 e. The zero-order chi connectivity index (χ0) is 18.5. The summed E-state index contributed by atoms with van der Waals surface area (Å²) >= 11 is 7.28. The van der Waals surface area contributed by atoms with Gasteiger partial charge >= 0.3 is 0 Å². The van der Waals surface area contributed by atoms with Crippen molar-refractivity contribution in [1.82, 2.24) is 9.97 Å². The minimum atomic E-state index is -0.344. The number of nitriles is 1. The molecule has 0 aliphatic heterocycles. The van der Waals surface area contributed by atoms with Crippen LogP contribution in [0.4, 0.5) is 10.2 Å². The number of nitrogen functional groups attached to an aromatic ring is 1. The van der Waals surface area contributed by atoms with Gasteiger partial charge in [0, 0.05) is 17.2 Å². The van der Waals surface area contributed by atoms with Crippen molar-refractivity contribution in [2.24, 2.45) is 0 Å². The van der Waals surface area contributed by atoms with E-state index in [4.69, 9.17) is 17.3 Å². The first-order chi connectivity index (χ1) is 12.6. The molecule has 7 heteroatoms. The average molecular weight is 385 g/mol. The lowest BCUT2D eigenvalue weighted by Gasteiger charge is -2.09. The lowest BCUT2D eigenvalue weighted by Crippen LogP contribution is -2.06. The maximum atomic E-state index is 13.9. The molecule has 0 radical (unpaired) electrons. The van der Waals surface area contributed by atoms with E-state index in [-0.39, 0.29) is 23.6 Å². The smallest absolute Gasteiger partial charge is 0.190 e. The lowest BCUT2D eigenvalue weighted by molar-refractivity contribution is 0.612. The highest BCUT2D eigenvalue weighted by molar-refractivity contribution is 7.98. The first-order valence-corrected chi connectivity index (χ1v) is 9.10. The number of thioether (sulfide) groups is 1. The summed E-state index contributed by atoms with van der Waals surface area (Å²) < 4.78 is 13.9. The van der Waals surface area contributed by atoms with Crippen LogP contribution in [0.2, 0.25) is 5.02 Å². The quantitative estimate of drug-likeness (QED) is 0.513. The van der Waals surface area contributed by atoms with E-state index in [2.05, 4.69) is 9.97 Å². The molecule has 4 nitrogen and oxygen atoms in total. The van der Waals surface area contributed by atoms with E-state index < -0.39 is 0 Å². The van der Waals surface area contributed by atoms with Crippen molar-refractivity contribution in [2.45, 2.75) is 17.3 Å². The average Bonchev–Trinajstić information content (AvgIpc) is 2.63. The molecule has 130 valence electrons. The van der Waals surface area contributed by atoms with Crippen LogP contribution in [-0.4, -0.2) is 9.97 Å². The van der Waals surface area contributed by atoms with Gasteiger partial charge in [-0.2, -0.15) is 5.26 Å². The van der Waals surface area contributed by atoms with E-state index in [1.165, 1.54) is 17.8 Å². The summed E-state index contributed by atoms with van der Waals surface area (Å²) in [5, 5.41) is 10.5. The van der Waals surface area contributed by atoms with E-state index >= 15 is 0 Å². The van der Waals surface area contributed by atoms with E-state index in [1.807, 2.05) is 30.3 Å². The lowest BCUT2D eigenvalue weighted by atomic mass is 10.1. The fourth-order valence-corrected chi connectivity index (χ4v) is 3.32. The van der Waals surface area contributed by atoms with E-state index in [0.717, 1.165) is 5.56 Å². The van der Waals surface area contributed by atoms with Crippen LogP contribution in [0.15, 0.2) is 53.7 Å². The Hall–Kier alpha value is -2.62. The van der Waals surface area contributed by atoms with Gasteiger partial charge in [-0.3, -0.25) is 0 Å². The first kappa shape index (κ1) is 18.2. The molecule has 0 atom stereocenters. The monoisotopic (exact) mass is 384 g/mol. The summed E-state index contributed by atoms with van der Waals surface area (Å²) in [5.74, 6) is 0.387. The molecule has 0 saturated heterocycles. The SMILES string of the molecule is N#Cc1c(N)nc(SCc2ccc(Cl)cc2)nc1Cc1ccccc1F.